The summed E-state index contributed by atoms with van der Waals surface area (Å²) in [5, 5.41) is 1.89. The minimum Gasteiger partial charge on any atom is -0.510 e. The third-order valence-corrected chi connectivity index (χ3v) is 13.9. The third kappa shape index (κ3) is 9.88. The first-order chi connectivity index (χ1) is 45.9. The first kappa shape index (κ1) is 34.9. The monoisotopic (exact) mass is 1230 g/mol. The average molecular weight is 1230 g/mol. The Balaban J connectivity index is 0.00000914. The molecule has 0 radical (unpaired) electrons. The van der Waals surface area contributed by atoms with E-state index in [1.54, 1.807) is 35.0 Å². The van der Waals surface area contributed by atoms with Crippen LogP contribution < -0.4 is 9.30 Å². The predicted octanol–water partition coefficient (Wildman–Crippen LogP) is 18.5. The number of aromatic nitrogens is 4. The molecule has 3 heterocycles. The van der Waals surface area contributed by atoms with Crippen LogP contribution in [0.25, 0.3) is 106 Å². The Bertz CT molecular complexity index is 5340. The zero-order valence-electron chi connectivity index (χ0n) is 62.2. The number of imidazole rings is 1. The van der Waals surface area contributed by atoms with Crippen LogP contribution in [-0.4, -0.2) is 14.1 Å². The van der Waals surface area contributed by atoms with Crippen molar-refractivity contribution in [3.8, 4) is 84.3 Å². The van der Waals surface area contributed by atoms with Gasteiger partial charge in [0.2, 0.25) is 0 Å². The zero-order valence-corrected chi connectivity index (χ0v) is 46.5. The second kappa shape index (κ2) is 21.1. The molecule has 10 aromatic carbocycles. The van der Waals surface area contributed by atoms with Gasteiger partial charge in [-0.25, -0.2) is 4.98 Å². The maximum absolute atomic E-state index is 10.3. The van der Waals surface area contributed by atoms with E-state index in [1.807, 2.05) is 78.9 Å². The molecule has 13 rings (SSSR count). The molecule has 0 atom stereocenters. The molecular formula is C74H58N4OPt-2. The summed E-state index contributed by atoms with van der Waals surface area (Å²) in [6, 6.07) is 31.9. The number of nitrogens with zero attached hydrogens (tertiary/aromatic N) is 4. The summed E-state index contributed by atoms with van der Waals surface area (Å²) in [4.78, 5) is 4.84. The minimum atomic E-state index is -0.876. The Hall–Kier alpha value is -8.89. The third-order valence-electron chi connectivity index (χ3n) is 13.9. The van der Waals surface area contributed by atoms with E-state index >= 15 is 0 Å². The van der Waals surface area contributed by atoms with Crippen LogP contribution in [0.2, 0.25) is 0 Å². The van der Waals surface area contributed by atoms with Crippen molar-refractivity contribution in [3.63, 3.8) is 0 Å². The average Bonchev–Trinajstić information content (AvgIpc) is 1.01. The van der Waals surface area contributed by atoms with Crippen LogP contribution in [0.3, 0.4) is 0 Å². The Morgan fingerprint density at radius 3 is 1.76 bits per heavy atom. The van der Waals surface area contributed by atoms with Gasteiger partial charge in [0.05, 0.1) is 41.4 Å². The topological polar surface area (TPSA) is 35.9 Å². The Morgan fingerprint density at radius 1 is 0.487 bits per heavy atom. The fourth-order valence-electron chi connectivity index (χ4n) is 9.90. The minimum absolute atomic E-state index is 0. The molecule has 0 unspecified atom stereocenters. The normalized spacial score (nSPS) is 14.9. The van der Waals surface area contributed by atoms with Gasteiger partial charge in [0.15, 0.2) is 0 Å². The maximum atomic E-state index is 10.3. The molecule has 80 heavy (non-hydrogen) atoms. The first-order valence-electron chi connectivity index (χ1n) is 34.6. The van der Waals surface area contributed by atoms with Gasteiger partial charge in [-0.15, -0.1) is 29.7 Å². The SMILES string of the molecule is [2H]c1c([2H])c([2H])c(-c2cccc(-c3c([2H])c(-c4c([2H])c([2H])c([2H])c([2H])c4[2H])c([2H])c(-c4c([2H])c([2H])c([2H])c([2H])c4[2H])c3[2H])c2-[n+]2[c-]n(-c3[c-]c(Oc4[c-]c5c(cc4)c4ccccc4n5-c4cc(C(C)(C)C)ccn4)ccc3)c3cc(-c4ccc(C(C)(C)C)cc4)ccc32)c([2H])c1[2H].[Pt]. The summed E-state index contributed by atoms with van der Waals surface area (Å²) in [6.07, 6.45) is 5.28. The summed E-state index contributed by atoms with van der Waals surface area (Å²) in [7, 11) is 0. The largest absolute Gasteiger partial charge is 0.510 e. The van der Waals surface area contributed by atoms with Crippen LogP contribution in [0.15, 0.2) is 242 Å². The van der Waals surface area contributed by atoms with E-state index in [9.17, 15) is 12.3 Å². The van der Waals surface area contributed by atoms with Gasteiger partial charge >= 0.3 is 0 Å². The van der Waals surface area contributed by atoms with E-state index in [0.717, 1.165) is 38.5 Å². The quantitative estimate of drug-likeness (QED) is 0.101. The molecule has 0 aliphatic heterocycles. The van der Waals surface area contributed by atoms with Crippen LogP contribution in [0.4, 0.5) is 0 Å². The number of rotatable bonds is 10. The zero-order chi connectivity index (χ0) is 69.5. The molecule has 3 aromatic heterocycles. The van der Waals surface area contributed by atoms with Crippen molar-refractivity contribution in [2.45, 2.75) is 52.4 Å². The molecule has 13 aromatic rings. The van der Waals surface area contributed by atoms with Gasteiger partial charge < -0.3 is 13.9 Å². The van der Waals surface area contributed by atoms with E-state index < -0.39 is 137 Å². The van der Waals surface area contributed by atoms with E-state index in [1.165, 1.54) is 22.8 Å². The molecule has 0 amide bonds. The van der Waals surface area contributed by atoms with Crippen LogP contribution in [0.5, 0.6) is 11.5 Å². The number of hydrogen-bond acceptors (Lipinski definition) is 2. The summed E-state index contributed by atoms with van der Waals surface area (Å²) in [5.74, 6) is 1.28. The van der Waals surface area contributed by atoms with Crippen LogP contribution in [0, 0.1) is 18.5 Å². The molecule has 0 aliphatic rings. The van der Waals surface area contributed by atoms with Gasteiger partial charge in [-0.2, -0.15) is 18.2 Å². The van der Waals surface area contributed by atoms with E-state index in [2.05, 4.69) is 70.6 Å². The summed E-state index contributed by atoms with van der Waals surface area (Å²) >= 11 is 0. The van der Waals surface area contributed by atoms with Crippen molar-refractivity contribution in [2.75, 3.05) is 0 Å². The molecule has 5 nitrogen and oxygen atoms in total. The van der Waals surface area contributed by atoms with Crippen molar-refractivity contribution in [1.82, 2.24) is 14.1 Å². The number of hydrogen-bond donors (Lipinski definition) is 0. The van der Waals surface area contributed by atoms with Crippen molar-refractivity contribution in [1.29, 1.82) is 0 Å². The van der Waals surface area contributed by atoms with Crippen LogP contribution >= 0.6 is 0 Å². The molecule has 6 heteroatoms. The van der Waals surface area contributed by atoms with Crippen LogP contribution in [0.1, 0.15) is 77.3 Å². The molecule has 0 fully saturated rings. The Labute approximate surface area is 508 Å². The number of ether oxygens (including phenoxy) is 1. The molecular weight excluding hydrogens is 1160 g/mol. The van der Waals surface area contributed by atoms with Gasteiger partial charge in [-0.3, -0.25) is 4.57 Å². The summed E-state index contributed by atoms with van der Waals surface area (Å²) < 4.78 is 177. The second-order valence-corrected chi connectivity index (χ2v) is 21.1. The molecule has 0 saturated heterocycles. The van der Waals surface area contributed by atoms with Gasteiger partial charge in [-0.05, 0) is 131 Å². The van der Waals surface area contributed by atoms with Crippen molar-refractivity contribution < 1.29 is 55.0 Å². The summed E-state index contributed by atoms with van der Waals surface area (Å²) in [6.45, 7) is 12.8. The Kier molecular flexibility index (Phi) is 9.18. The van der Waals surface area contributed by atoms with Crippen molar-refractivity contribution in [2.24, 2.45) is 0 Å². The molecule has 392 valence electrons. The number of benzene rings is 10. The second-order valence-electron chi connectivity index (χ2n) is 21.1. The molecule has 0 bridgehead atoms. The molecule has 0 saturated carbocycles. The maximum Gasteiger partial charge on any atom is 0.268 e. The predicted molar refractivity (Wildman–Crippen MR) is 325 cm³/mol. The Morgan fingerprint density at radius 2 is 1.09 bits per heavy atom. The molecule has 0 aliphatic carbocycles. The first-order valence-corrected chi connectivity index (χ1v) is 25.6. The van der Waals surface area contributed by atoms with Crippen molar-refractivity contribution >= 4 is 32.8 Å². The number of para-hydroxylation sites is 2. The molecule has 0 spiro atoms. The van der Waals surface area contributed by atoms with E-state index in [-0.39, 0.29) is 60.0 Å². The molecule has 0 N–H and O–H groups in total. The van der Waals surface area contributed by atoms with Gasteiger partial charge in [0.1, 0.15) is 5.82 Å². The fourth-order valence-corrected chi connectivity index (χ4v) is 9.90. The van der Waals surface area contributed by atoms with Crippen LogP contribution in [-0.2, 0) is 31.9 Å². The van der Waals surface area contributed by atoms with Gasteiger partial charge in [-0.1, -0.05) is 210 Å². The van der Waals surface area contributed by atoms with Gasteiger partial charge in [0, 0.05) is 44.3 Å². The van der Waals surface area contributed by atoms with E-state index in [4.69, 9.17) is 22.1 Å². The van der Waals surface area contributed by atoms with Gasteiger partial charge in [0.25, 0.3) is 6.33 Å². The number of pyridine rings is 1. The standard InChI is InChI=1S/C74H58N4O.Pt/c1-73(2,3)58-35-32-52(33-36-58)54-34-39-68-70(45-54)76(60-26-18-27-61(47-60)79-62-37-38-66-65-28-16-17-31-67(65)78(69(66)48-62)71-46-59(40-41-75-71)74(4,5)6)49-77(68)72-63(53-24-14-9-15-25-53)29-19-30-64(72)57-43-55(50-20-10-7-11-21-50)42-56(44-57)51-22-12-8-13-23-51;/h7-46H,1-6H3;/q-2;/i7D,8D,9D,10D,11D,12D,13D,14D,15D,20D,21D,22D,23D,24D,25D,42D,43D,44D;. The number of fused-ring (bicyclic) bond motifs is 4. The fraction of sp³-hybridized carbons (Fsp3) is 0.108. The summed E-state index contributed by atoms with van der Waals surface area (Å²) in [5.41, 5.74) is 2.30. The van der Waals surface area contributed by atoms with Crippen molar-refractivity contribution in [3.05, 3.63) is 272 Å². The van der Waals surface area contributed by atoms with E-state index in [0.29, 0.717) is 33.8 Å². The smallest absolute Gasteiger partial charge is 0.268 e.